The number of hydrogen-bond acceptors (Lipinski definition) is 3. The minimum absolute atomic E-state index is 0.104. The molecule has 3 nitrogen and oxygen atoms in total. The first-order valence-corrected chi connectivity index (χ1v) is 8.93. The number of fused-ring (bicyclic) bond motifs is 1. The lowest BCUT2D eigenvalue weighted by Gasteiger charge is -2.12. The number of aromatic amines is 1. The number of aromatic nitrogens is 1. The molecule has 0 saturated heterocycles. The summed E-state index contributed by atoms with van der Waals surface area (Å²) in [6.45, 7) is 0. The van der Waals surface area contributed by atoms with E-state index in [1.165, 1.54) is 17.4 Å². The van der Waals surface area contributed by atoms with Crippen molar-refractivity contribution in [3.05, 3.63) is 76.8 Å². The SMILES string of the molecule is CN(C)c1ccc(-c2ccc(/C=C3\Sc4ccccc4C3=O)[nH]2)cc1. The first kappa shape index (κ1) is 15.8. The topological polar surface area (TPSA) is 36.1 Å². The minimum atomic E-state index is 0.104. The van der Waals surface area contributed by atoms with Crippen molar-refractivity contribution < 1.29 is 4.79 Å². The van der Waals surface area contributed by atoms with Crippen molar-refractivity contribution in [2.45, 2.75) is 4.90 Å². The van der Waals surface area contributed by atoms with Crippen molar-refractivity contribution in [3.8, 4) is 11.3 Å². The average Bonchev–Trinajstić information content (AvgIpc) is 3.21. The molecule has 2 heterocycles. The highest BCUT2D eigenvalue weighted by atomic mass is 32.2. The maximum Gasteiger partial charge on any atom is 0.200 e. The molecule has 0 bridgehead atoms. The molecule has 4 heteroatoms. The van der Waals surface area contributed by atoms with Gasteiger partial charge in [0.05, 0.1) is 4.91 Å². The van der Waals surface area contributed by atoms with Crippen LogP contribution in [0.15, 0.2) is 70.5 Å². The molecule has 0 spiro atoms. The van der Waals surface area contributed by atoms with E-state index in [1.807, 2.05) is 56.6 Å². The summed E-state index contributed by atoms with van der Waals surface area (Å²) in [5.41, 5.74) is 5.08. The Morgan fingerprint density at radius 2 is 1.72 bits per heavy atom. The quantitative estimate of drug-likeness (QED) is 0.672. The monoisotopic (exact) mass is 346 g/mol. The average molecular weight is 346 g/mol. The Hall–Kier alpha value is -2.72. The second-order valence-corrected chi connectivity index (χ2v) is 7.29. The summed E-state index contributed by atoms with van der Waals surface area (Å²) in [6.07, 6.45) is 1.94. The van der Waals surface area contributed by atoms with E-state index in [-0.39, 0.29) is 5.78 Å². The van der Waals surface area contributed by atoms with E-state index in [0.717, 1.165) is 32.3 Å². The van der Waals surface area contributed by atoms with Gasteiger partial charge in [-0.2, -0.15) is 0 Å². The zero-order valence-corrected chi connectivity index (χ0v) is 14.9. The molecule has 1 N–H and O–H groups in total. The molecule has 1 aromatic heterocycles. The summed E-state index contributed by atoms with van der Waals surface area (Å²) in [5.74, 6) is 0.104. The molecule has 0 saturated carbocycles. The van der Waals surface area contributed by atoms with E-state index >= 15 is 0 Å². The molecule has 1 aliphatic rings. The molecule has 124 valence electrons. The van der Waals surface area contributed by atoms with Gasteiger partial charge >= 0.3 is 0 Å². The number of hydrogen-bond donors (Lipinski definition) is 1. The molecule has 2 aromatic carbocycles. The van der Waals surface area contributed by atoms with E-state index in [0.29, 0.717) is 0 Å². The smallest absolute Gasteiger partial charge is 0.200 e. The van der Waals surface area contributed by atoms with Gasteiger partial charge in [-0.15, -0.1) is 0 Å². The molecule has 25 heavy (non-hydrogen) atoms. The summed E-state index contributed by atoms with van der Waals surface area (Å²) in [7, 11) is 4.06. The van der Waals surface area contributed by atoms with Gasteiger partial charge in [-0.3, -0.25) is 4.79 Å². The Morgan fingerprint density at radius 3 is 2.44 bits per heavy atom. The van der Waals surface area contributed by atoms with Crippen LogP contribution >= 0.6 is 11.8 Å². The second kappa shape index (κ2) is 6.30. The molecule has 1 aliphatic heterocycles. The number of carbonyl (C=O) groups excluding carboxylic acids is 1. The highest BCUT2D eigenvalue weighted by Gasteiger charge is 2.25. The number of thioether (sulfide) groups is 1. The highest BCUT2D eigenvalue weighted by molar-refractivity contribution is 8.04. The number of benzene rings is 2. The molecular formula is C21H18N2OS. The molecule has 4 rings (SSSR count). The number of rotatable bonds is 3. The normalized spacial score (nSPS) is 14.8. The van der Waals surface area contributed by atoms with Crippen molar-refractivity contribution in [2.75, 3.05) is 19.0 Å². The summed E-state index contributed by atoms with van der Waals surface area (Å²) in [4.78, 5) is 19.7. The van der Waals surface area contributed by atoms with Crippen molar-refractivity contribution in [3.63, 3.8) is 0 Å². The van der Waals surface area contributed by atoms with Gasteiger partial charge in [0.15, 0.2) is 0 Å². The van der Waals surface area contributed by atoms with E-state index in [9.17, 15) is 4.79 Å². The standard InChI is InChI=1S/C21H18N2OS/c1-23(2)16-10-7-14(8-11-16)18-12-9-15(22-18)13-20-21(24)17-5-3-4-6-19(17)25-20/h3-13,22H,1-2H3/b20-13-. The Balaban J connectivity index is 1.59. The number of H-pyrrole nitrogens is 1. The van der Waals surface area contributed by atoms with Crippen LogP contribution < -0.4 is 4.90 Å². The number of nitrogens with one attached hydrogen (secondary N) is 1. The Morgan fingerprint density at radius 1 is 0.960 bits per heavy atom. The summed E-state index contributed by atoms with van der Waals surface area (Å²) >= 11 is 1.54. The van der Waals surface area contributed by atoms with Gasteiger partial charge in [0.2, 0.25) is 5.78 Å². The lowest BCUT2D eigenvalue weighted by Crippen LogP contribution is -2.07. The maximum atomic E-state index is 12.5. The molecule has 0 atom stereocenters. The number of carbonyl (C=O) groups is 1. The molecule has 0 aliphatic carbocycles. The number of allylic oxidation sites excluding steroid dienone is 1. The zero-order valence-electron chi connectivity index (χ0n) is 14.1. The van der Waals surface area contributed by atoms with Gasteiger partial charge in [-0.25, -0.2) is 0 Å². The first-order chi connectivity index (χ1) is 12.1. The van der Waals surface area contributed by atoms with Crippen LogP contribution in [0.2, 0.25) is 0 Å². The Bertz CT molecular complexity index is 968. The lowest BCUT2D eigenvalue weighted by atomic mass is 10.1. The van der Waals surface area contributed by atoms with Crippen molar-refractivity contribution in [1.82, 2.24) is 4.98 Å². The van der Waals surface area contributed by atoms with Crippen LogP contribution in [-0.2, 0) is 0 Å². The fourth-order valence-electron chi connectivity index (χ4n) is 2.88. The molecule has 0 fully saturated rings. The lowest BCUT2D eigenvalue weighted by molar-refractivity contribution is 0.104. The Labute approximate surface area is 151 Å². The number of nitrogens with zero attached hydrogens (tertiary/aromatic N) is 1. The van der Waals surface area contributed by atoms with Crippen molar-refractivity contribution in [2.24, 2.45) is 0 Å². The van der Waals surface area contributed by atoms with Gasteiger partial charge in [-0.1, -0.05) is 36.0 Å². The van der Waals surface area contributed by atoms with Crippen LogP contribution in [0.3, 0.4) is 0 Å². The van der Waals surface area contributed by atoms with Crippen LogP contribution in [-0.4, -0.2) is 24.9 Å². The van der Waals surface area contributed by atoms with Crippen LogP contribution in [0.5, 0.6) is 0 Å². The molecule has 3 aromatic rings. The third kappa shape index (κ3) is 3.01. The van der Waals surface area contributed by atoms with Gasteiger partial charge in [0.25, 0.3) is 0 Å². The zero-order chi connectivity index (χ0) is 17.4. The highest BCUT2D eigenvalue weighted by Crippen LogP contribution is 2.40. The third-order valence-electron chi connectivity index (χ3n) is 4.27. The van der Waals surface area contributed by atoms with E-state index in [4.69, 9.17) is 0 Å². The molecule has 0 unspecified atom stereocenters. The van der Waals surface area contributed by atoms with Gasteiger partial charge in [-0.05, 0) is 48.0 Å². The number of anilines is 1. The van der Waals surface area contributed by atoms with Gasteiger partial charge in [0.1, 0.15) is 0 Å². The number of ketones is 1. The largest absolute Gasteiger partial charge is 0.378 e. The number of Topliss-reactive ketones (excluding diaryl/α,β-unsaturated/α-hetero) is 1. The Kier molecular flexibility index (Phi) is 3.98. The predicted molar refractivity (Wildman–Crippen MR) is 105 cm³/mol. The summed E-state index contributed by atoms with van der Waals surface area (Å²) in [5, 5.41) is 0. The van der Waals surface area contributed by atoms with Crippen LogP contribution in [0.4, 0.5) is 5.69 Å². The second-order valence-electron chi connectivity index (χ2n) is 6.20. The fourth-order valence-corrected chi connectivity index (χ4v) is 3.92. The van der Waals surface area contributed by atoms with Crippen LogP contribution in [0.25, 0.3) is 17.3 Å². The predicted octanol–water partition coefficient (Wildman–Crippen LogP) is 5.08. The molecular weight excluding hydrogens is 328 g/mol. The van der Waals surface area contributed by atoms with E-state index in [2.05, 4.69) is 34.1 Å². The van der Waals surface area contributed by atoms with Crippen LogP contribution in [0, 0.1) is 0 Å². The third-order valence-corrected chi connectivity index (χ3v) is 5.36. The van der Waals surface area contributed by atoms with Crippen LogP contribution in [0.1, 0.15) is 16.1 Å². The van der Waals surface area contributed by atoms with E-state index < -0.39 is 0 Å². The molecule has 0 amide bonds. The van der Waals surface area contributed by atoms with Gasteiger partial charge in [0, 0.05) is 41.6 Å². The van der Waals surface area contributed by atoms with Gasteiger partial charge < -0.3 is 9.88 Å². The maximum absolute atomic E-state index is 12.5. The first-order valence-electron chi connectivity index (χ1n) is 8.12. The summed E-state index contributed by atoms with van der Waals surface area (Å²) in [6, 6.07) is 20.2. The summed E-state index contributed by atoms with van der Waals surface area (Å²) < 4.78 is 0. The van der Waals surface area contributed by atoms with Crippen molar-refractivity contribution >= 4 is 29.3 Å². The minimum Gasteiger partial charge on any atom is -0.378 e. The van der Waals surface area contributed by atoms with Crippen molar-refractivity contribution in [1.29, 1.82) is 0 Å². The molecule has 0 radical (unpaired) electrons. The van der Waals surface area contributed by atoms with E-state index in [1.54, 1.807) is 0 Å². The fraction of sp³-hybridized carbons (Fsp3) is 0.0952.